The van der Waals surface area contributed by atoms with Crippen molar-refractivity contribution < 1.29 is 5.11 Å². The first-order chi connectivity index (χ1) is 8.74. The maximum absolute atomic E-state index is 9.55. The molecule has 0 radical (unpaired) electrons. The Morgan fingerprint density at radius 3 is 2.61 bits per heavy atom. The fraction of sp³-hybridized carbons (Fsp3) is 0.0625. The number of rotatable bonds is 1. The second-order valence-electron chi connectivity index (χ2n) is 4.40. The summed E-state index contributed by atoms with van der Waals surface area (Å²) in [6, 6.07) is 17.4. The van der Waals surface area contributed by atoms with Crippen LogP contribution in [-0.4, -0.2) is 10.1 Å². The molecule has 2 heteroatoms. The summed E-state index contributed by atoms with van der Waals surface area (Å²) in [6.45, 7) is 2.04. The molecule has 0 aliphatic carbocycles. The molecule has 0 unspecified atom stereocenters. The Morgan fingerprint density at radius 2 is 1.78 bits per heavy atom. The van der Waals surface area contributed by atoms with Gasteiger partial charge in [-0.15, -0.1) is 0 Å². The van der Waals surface area contributed by atoms with E-state index in [9.17, 15) is 5.11 Å². The summed E-state index contributed by atoms with van der Waals surface area (Å²) in [4.78, 5) is 4.68. The summed E-state index contributed by atoms with van der Waals surface area (Å²) in [5, 5.41) is 10.7. The quantitative estimate of drug-likeness (QED) is 0.693. The Bertz CT molecular complexity index is 719. The van der Waals surface area contributed by atoms with Crippen molar-refractivity contribution in [2.45, 2.75) is 6.92 Å². The highest BCUT2D eigenvalue weighted by molar-refractivity contribution is 5.83. The van der Waals surface area contributed by atoms with E-state index in [4.69, 9.17) is 0 Å². The molecule has 88 valence electrons. The monoisotopic (exact) mass is 235 g/mol. The zero-order valence-corrected chi connectivity index (χ0v) is 10.1. The van der Waals surface area contributed by atoms with Gasteiger partial charge < -0.3 is 5.11 Å². The van der Waals surface area contributed by atoms with E-state index >= 15 is 0 Å². The zero-order valence-electron chi connectivity index (χ0n) is 10.1. The van der Waals surface area contributed by atoms with Gasteiger partial charge in [0.1, 0.15) is 5.75 Å². The van der Waals surface area contributed by atoms with E-state index in [1.807, 2.05) is 37.3 Å². The van der Waals surface area contributed by atoms with Crippen molar-refractivity contribution in [3.05, 3.63) is 60.2 Å². The van der Waals surface area contributed by atoms with Crippen LogP contribution in [0.3, 0.4) is 0 Å². The summed E-state index contributed by atoms with van der Waals surface area (Å²) < 4.78 is 0. The fourth-order valence-corrected chi connectivity index (χ4v) is 2.17. The van der Waals surface area contributed by atoms with Gasteiger partial charge in [0.15, 0.2) is 0 Å². The summed E-state index contributed by atoms with van der Waals surface area (Å²) >= 11 is 0. The highest BCUT2D eigenvalue weighted by Gasteiger charge is 2.06. The van der Waals surface area contributed by atoms with E-state index < -0.39 is 0 Å². The number of hydrogen-bond acceptors (Lipinski definition) is 2. The van der Waals surface area contributed by atoms with Crippen LogP contribution >= 0.6 is 0 Å². The van der Waals surface area contributed by atoms with Gasteiger partial charge in [-0.1, -0.05) is 30.3 Å². The van der Waals surface area contributed by atoms with Gasteiger partial charge in [0.05, 0.1) is 11.2 Å². The Morgan fingerprint density at radius 1 is 0.944 bits per heavy atom. The fourth-order valence-electron chi connectivity index (χ4n) is 2.17. The lowest BCUT2D eigenvalue weighted by Crippen LogP contribution is -1.89. The lowest BCUT2D eigenvalue weighted by molar-refractivity contribution is 0.475. The number of phenolic OH excluding ortho intramolecular Hbond substituents is 1. The smallest absolute Gasteiger partial charge is 0.116 e. The largest absolute Gasteiger partial charge is 0.508 e. The summed E-state index contributed by atoms with van der Waals surface area (Å²) in [5.41, 5.74) is 3.95. The SMILES string of the molecule is Cc1cc2ccccc2nc1-c1cccc(O)c1. The van der Waals surface area contributed by atoms with Gasteiger partial charge >= 0.3 is 0 Å². The first kappa shape index (κ1) is 10.8. The number of benzene rings is 2. The molecule has 3 rings (SSSR count). The van der Waals surface area contributed by atoms with Crippen LogP contribution in [0.4, 0.5) is 0 Å². The van der Waals surface area contributed by atoms with Crippen LogP contribution in [0.5, 0.6) is 5.75 Å². The number of phenols is 1. The van der Waals surface area contributed by atoms with Crippen LogP contribution in [0.1, 0.15) is 5.56 Å². The number of hydrogen-bond donors (Lipinski definition) is 1. The van der Waals surface area contributed by atoms with Crippen LogP contribution in [0.2, 0.25) is 0 Å². The predicted molar refractivity (Wildman–Crippen MR) is 73.6 cm³/mol. The number of pyridine rings is 1. The molecule has 3 aromatic rings. The average Bonchev–Trinajstić information content (AvgIpc) is 2.38. The highest BCUT2D eigenvalue weighted by Crippen LogP contribution is 2.27. The second-order valence-corrected chi connectivity index (χ2v) is 4.40. The Balaban J connectivity index is 2.26. The van der Waals surface area contributed by atoms with Gasteiger partial charge in [-0.3, -0.25) is 0 Å². The molecule has 0 spiro atoms. The predicted octanol–water partition coefficient (Wildman–Crippen LogP) is 3.92. The highest BCUT2D eigenvalue weighted by atomic mass is 16.3. The van der Waals surface area contributed by atoms with Crippen LogP contribution in [0.25, 0.3) is 22.2 Å². The minimum absolute atomic E-state index is 0.266. The number of fused-ring (bicyclic) bond motifs is 1. The Kier molecular flexibility index (Phi) is 2.49. The van der Waals surface area contributed by atoms with Gasteiger partial charge in [-0.2, -0.15) is 0 Å². The third-order valence-corrected chi connectivity index (χ3v) is 3.03. The van der Waals surface area contributed by atoms with Gasteiger partial charge in [0, 0.05) is 10.9 Å². The molecule has 0 aliphatic rings. The molecule has 0 saturated carbocycles. The number of para-hydroxylation sites is 1. The summed E-state index contributed by atoms with van der Waals surface area (Å²) in [6.07, 6.45) is 0. The van der Waals surface area contributed by atoms with Crippen molar-refractivity contribution in [2.75, 3.05) is 0 Å². The molecule has 1 aromatic heterocycles. The Labute approximate surface area is 106 Å². The maximum Gasteiger partial charge on any atom is 0.116 e. The van der Waals surface area contributed by atoms with Crippen molar-refractivity contribution in [3.8, 4) is 17.0 Å². The van der Waals surface area contributed by atoms with Gasteiger partial charge in [0.2, 0.25) is 0 Å². The molecular weight excluding hydrogens is 222 g/mol. The lowest BCUT2D eigenvalue weighted by Gasteiger charge is -2.07. The van der Waals surface area contributed by atoms with Crippen molar-refractivity contribution >= 4 is 10.9 Å². The minimum Gasteiger partial charge on any atom is -0.508 e. The molecule has 2 nitrogen and oxygen atoms in total. The third kappa shape index (κ3) is 1.82. The first-order valence-electron chi connectivity index (χ1n) is 5.90. The standard InChI is InChI=1S/C16H13NO/c1-11-9-12-5-2-3-8-15(12)17-16(11)13-6-4-7-14(18)10-13/h2-10,18H,1H3. The second kappa shape index (κ2) is 4.15. The van der Waals surface area contributed by atoms with E-state index in [-0.39, 0.29) is 5.75 Å². The van der Waals surface area contributed by atoms with Crippen molar-refractivity contribution in [2.24, 2.45) is 0 Å². The third-order valence-electron chi connectivity index (χ3n) is 3.03. The average molecular weight is 235 g/mol. The van der Waals surface area contributed by atoms with Gasteiger partial charge in [-0.05, 0) is 36.8 Å². The normalized spacial score (nSPS) is 10.7. The molecule has 1 N–H and O–H groups in total. The number of aromatic hydroxyl groups is 1. The summed E-state index contributed by atoms with van der Waals surface area (Å²) in [5.74, 6) is 0.266. The molecule has 18 heavy (non-hydrogen) atoms. The van der Waals surface area contributed by atoms with Crippen molar-refractivity contribution in [1.29, 1.82) is 0 Å². The van der Waals surface area contributed by atoms with Crippen LogP contribution in [0.15, 0.2) is 54.6 Å². The molecule has 2 aromatic carbocycles. The number of aromatic nitrogens is 1. The molecule has 0 amide bonds. The molecule has 0 bridgehead atoms. The molecule has 1 heterocycles. The molecular formula is C16H13NO. The topological polar surface area (TPSA) is 33.1 Å². The van der Waals surface area contributed by atoms with E-state index in [0.29, 0.717) is 0 Å². The lowest BCUT2D eigenvalue weighted by atomic mass is 10.0. The number of nitrogens with zero attached hydrogens (tertiary/aromatic N) is 1. The zero-order chi connectivity index (χ0) is 12.5. The van der Waals surface area contributed by atoms with Crippen molar-refractivity contribution in [3.63, 3.8) is 0 Å². The summed E-state index contributed by atoms with van der Waals surface area (Å²) in [7, 11) is 0. The van der Waals surface area contributed by atoms with E-state index in [0.717, 1.165) is 27.7 Å². The molecule has 0 aliphatic heterocycles. The molecule has 0 fully saturated rings. The van der Waals surface area contributed by atoms with E-state index in [1.165, 1.54) is 0 Å². The first-order valence-corrected chi connectivity index (χ1v) is 5.90. The van der Waals surface area contributed by atoms with E-state index in [1.54, 1.807) is 12.1 Å². The van der Waals surface area contributed by atoms with Crippen molar-refractivity contribution in [1.82, 2.24) is 4.98 Å². The maximum atomic E-state index is 9.55. The molecule has 0 atom stereocenters. The van der Waals surface area contributed by atoms with Crippen LogP contribution < -0.4 is 0 Å². The van der Waals surface area contributed by atoms with Gasteiger partial charge in [-0.25, -0.2) is 4.98 Å². The minimum atomic E-state index is 0.266. The van der Waals surface area contributed by atoms with Crippen LogP contribution in [0, 0.1) is 6.92 Å². The van der Waals surface area contributed by atoms with Gasteiger partial charge in [0.25, 0.3) is 0 Å². The number of aryl methyl sites for hydroxylation is 1. The van der Waals surface area contributed by atoms with E-state index in [2.05, 4.69) is 17.1 Å². The Hall–Kier alpha value is -2.35. The van der Waals surface area contributed by atoms with Crippen LogP contribution in [-0.2, 0) is 0 Å². The molecule has 0 saturated heterocycles.